The molecule has 0 aliphatic carbocycles. The number of aromatic nitrogens is 1. The van der Waals surface area contributed by atoms with Crippen molar-refractivity contribution >= 4 is 35.3 Å². The number of carbonyl (C=O) groups excluding carboxylic acids is 2. The molecule has 1 aliphatic heterocycles. The smallest absolute Gasteiger partial charge is 0.255 e. The molecule has 6 nitrogen and oxygen atoms in total. The number of anilines is 2. The number of benzene rings is 1. The molecule has 1 N–H and O–H groups in total. The summed E-state index contributed by atoms with van der Waals surface area (Å²) in [6, 6.07) is 5.96. The highest BCUT2D eigenvalue weighted by Crippen LogP contribution is 2.23. The molecule has 8 heteroatoms. The summed E-state index contributed by atoms with van der Waals surface area (Å²) in [5.74, 6) is -0.637. The highest BCUT2D eigenvalue weighted by molar-refractivity contribution is 6.31. The largest absolute Gasteiger partial charge is 0.354 e. The molecule has 0 spiro atoms. The van der Waals surface area contributed by atoms with Gasteiger partial charge in [0.1, 0.15) is 5.82 Å². The number of hydrogen-bond acceptors (Lipinski definition) is 4. The van der Waals surface area contributed by atoms with Gasteiger partial charge in [-0.15, -0.1) is 0 Å². The van der Waals surface area contributed by atoms with Gasteiger partial charge >= 0.3 is 0 Å². The lowest BCUT2D eigenvalue weighted by Crippen LogP contribution is -2.48. The quantitative estimate of drug-likeness (QED) is 0.849. The molecule has 2 amide bonds. The van der Waals surface area contributed by atoms with Crippen molar-refractivity contribution in [2.45, 2.75) is 0 Å². The average molecular weight is 363 g/mol. The molecule has 2 heterocycles. The minimum Gasteiger partial charge on any atom is -0.354 e. The lowest BCUT2D eigenvalue weighted by Gasteiger charge is -2.32. The van der Waals surface area contributed by atoms with Crippen LogP contribution in [0.3, 0.4) is 0 Å². The van der Waals surface area contributed by atoms with Gasteiger partial charge < -0.3 is 15.1 Å². The second-order valence-corrected chi connectivity index (χ2v) is 6.06. The summed E-state index contributed by atoms with van der Waals surface area (Å²) in [5, 5.41) is 3.06. The van der Waals surface area contributed by atoms with Crippen molar-refractivity contribution in [2.24, 2.45) is 0 Å². The maximum Gasteiger partial charge on any atom is 0.255 e. The highest BCUT2D eigenvalue weighted by atomic mass is 35.5. The topological polar surface area (TPSA) is 65.5 Å². The molecule has 1 aromatic heterocycles. The molecule has 0 unspecified atom stereocenters. The molecule has 0 atom stereocenters. The summed E-state index contributed by atoms with van der Waals surface area (Å²) < 4.78 is 13.2. The first-order valence-corrected chi connectivity index (χ1v) is 8.10. The normalized spacial score (nSPS) is 14.3. The monoisotopic (exact) mass is 362 g/mol. The van der Waals surface area contributed by atoms with Crippen LogP contribution in [0, 0.1) is 5.82 Å². The van der Waals surface area contributed by atoms with Gasteiger partial charge in [-0.05, 0) is 24.3 Å². The van der Waals surface area contributed by atoms with E-state index in [0.29, 0.717) is 43.1 Å². The van der Waals surface area contributed by atoms with Crippen LogP contribution in [0.25, 0.3) is 0 Å². The van der Waals surface area contributed by atoms with Gasteiger partial charge in [0.25, 0.3) is 5.91 Å². The second-order valence-electron chi connectivity index (χ2n) is 5.65. The van der Waals surface area contributed by atoms with E-state index in [4.69, 9.17) is 11.6 Å². The fourth-order valence-electron chi connectivity index (χ4n) is 2.58. The Morgan fingerprint density at radius 1 is 1.16 bits per heavy atom. The van der Waals surface area contributed by atoms with Crippen LogP contribution >= 0.6 is 11.6 Å². The van der Waals surface area contributed by atoms with Gasteiger partial charge in [-0.25, -0.2) is 4.39 Å². The minimum atomic E-state index is -0.497. The van der Waals surface area contributed by atoms with Gasteiger partial charge in [0.15, 0.2) is 0 Å². The fraction of sp³-hybridized carbons (Fsp3) is 0.235. The summed E-state index contributed by atoms with van der Waals surface area (Å²) in [7, 11) is 0. The number of piperazine rings is 1. The third kappa shape index (κ3) is 4.06. The van der Waals surface area contributed by atoms with E-state index in [9.17, 15) is 14.0 Å². The predicted octanol–water partition coefficient (Wildman–Crippen LogP) is 2.53. The van der Waals surface area contributed by atoms with Crippen LogP contribution in [-0.4, -0.2) is 53.3 Å². The van der Waals surface area contributed by atoms with E-state index in [1.807, 2.05) is 0 Å². The number of halogens is 2. The molecule has 2 aromatic rings. The maximum atomic E-state index is 13.2. The lowest BCUT2D eigenvalue weighted by atomic mass is 10.2. The third-order valence-corrected chi connectivity index (χ3v) is 4.23. The highest BCUT2D eigenvalue weighted by Gasteiger charge is 2.21. The Labute approximate surface area is 149 Å². The number of carbonyl (C=O) groups is 2. The van der Waals surface area contributed by atoms with E-state index >= 15 is 0 Å². The van der Waals surface area contributed by atoms with Crippen molar-refractivity contribution in [3.05, 3.63) is 53.1 Å². The zero-order valence-corrected chi connectivity index (χ0v) is 14.0. The molecule has 0 bridgehead atoms. The van der Waals surface area contributed by atoms with Crippen molar-refractivity contribution < 1.29 is 14.0 Å². The SMILES string of the molecule is O=CN1CCN(C(=O)c2cncc(Nc3ccc(F)c(Cl)c3)c2)CC1. The van der Waals surface area contributed by atoms with Gasteiger partial charge in [0.2, 0.25) is 6.41 Å². The summed E-state index contributed by atoms with van der Waals surface area (Å²) in [6.07, 6.45) is 3.86. The lowest BCUT2D eigenvalue weighted by molar-refractivity contribution is -0.119. The van der Waals surface area contributed by atoms with E-state index in [2.05, 4.69) is 10.3 Å². The molecule has 25 heavy (non-hydrogen) atoms. The molecule has 1 aliphatic rings. The van der Waals surface area contributed by atoms with Gasteiger partial charge in [0.05, 0.1) is 22.5 Å². The van der Waals surface area contributed by atoms with Crippen LogP contribution in [0.15, 0.2) is 36.7 Å². The van der Waals surface area contributed by atoms with E-state index in [1.165, 1.54) is 18.3 Å². The molecule has 1 saturated heterocycles. The molecule has 0 saturated carbocycles. The Morgan fingerprint density at radius 2 is 1.92 bits per heavy atom. The molecule has 3 rings (SSSR count). The van der Waals surface area contributed by atoms with E-state index < -0.39 is 5.82 Å². The Balaban J connectivity index is 1.71. The average Bonchev–Trinajstić information content (AvgIpc) is 2.64. The van der Waals surface area contributed by atoms with Crippen molar-refractivity contribution in [3.63, 3.8) is 0 Å². The molecule has 1 fully saturated rings. The molecular formula is C17H16ClFN4O2. The summed E-state index contributed by atoms with van der Waals surface area (Å²) in [6.45, 7) is 2.02. The Bertz CT molecular complexity index is 794. The second kappa shape index (κ2) is 7.48. The first-order valence-electron chi connectivity index (χ1n) is 7.72. The van der Waals surface area contributed by atoms with Crippen LogP contribution in [0.1, 0.15) is 10.4 Å². The standard InChI is InChI=1S/C17H16ClFN4O2/c18-15-8-13(1-2-16(15)19)21-14-7-12(9-20-10-14)17(25)23-5-3-22(11-24)4-6-23/h1-2,7-11,21H,3-6H2. The maximum absolute atomic E-state index is 13.2. The molecular weight excluding hydrogens is 347 g/mol. The number of amides is 2. The van der Waals surface area contributed by atoms with Crippen LogP contribution < -0.4 is 5.32 Å². The van der Waals surface area contributed by atoms with E-state index in [0.717, 1.165) is 6.41 Å². The summed E-state index contributed by atoms with van der Waals surface area (Å²) in [4.78, 5) is 30.7. The van der Waals surface area contributed by atoms with E-state index in [1.54, 1.807) is 28.1 Å². The molecule has 130 valence electrons. The van der Waals surface area contributed by atoms with Crippen LogP contribution in [0.4, 0.5) is 15.8 Å². The molecule has 1 aromatic carbocycles. The Hall–Kier alpha value is -2.67. The number of hydrogen-bond donors (Lipinski definition) is 1. The zero-order valence-electron chi connectivity index (χ0n) is 13.3. The predicted molar refractivity (Wildman–Crippen MR) is 92.5 cm³/mol. The fourth-order valence-corrected chi connectivity index (χ4v) is 2.76. The summed E-state index contributed by atoms with van der Waals surface area (Å²) >= 11 is 5.77. The van der Waals surface area contributed by atoms with Crippen LogP contribution in [-0.2, 0) is 4.79 Å². The van der Waals surface area contributed by atoms with Crippen molar-refractivity contribution in [1.82, 2.24) is 14.8 Å². The number of rotatable bonds is 4. The van der Waals surface area contributed by atoms with Crippen molar-refractivity contribution in [3.8, 4) is 0 Å². The first-order chi connectivity index (χ1) is 12.1. The number of pyridine rings is 1. The molecule has 0 radical (unpaired) electrons. The number of nitrogens with zero attached hydrogens (tertiary/aromatic N) is 3. The van der Waals surface area contributed by atoms with Gasteiger partial charge in [-0.2, -0.15) is 0 Å². The number of nitrogens with one attached hydrogen (secondary N) is 1. The van der Waals surface area contributed by atoms with Gasteiger partial charge in [0, 0.05) is 38.1 Å². The summed E-state index contributed by atoms with van der Waals surface area (Å²) in [5.41, 5.74) is 1.63. The van der Waals surface area contributed by atoms with Crippen LogP contribution in [0.5, 0.6) is 0 Å². The van der Waals surface area contributed by atoms with Crippen molar-refractivity contribution in [2.75, 3.05) is 31.5 Å². The van der Waals surface area contributed by atoms with Gasteiger partial charge in [-0.3, -0.25) is 14.6 Å². The first kappa shape index (κ1) is 17.2. The third-order valence-electron chi connectivity index (χ3n) is 3.94. The minimum absolute atomic E-state index is 0.0123. The Morgan fingerprint density at radius 3 is 2.60 bits per heavy atom. The van der Waals surface area contributed by atoms with Crippen molar-refractivity contribution in [1.29, 1.82) is 0 Å². The van der Waals surface area contributed by atoms with Gasteiger partial charge in [-0.1, -0.05) is 11.6 Å². The van der Waals surface area contributed by atoms with E-state index in [-0.39, 0.29) is 10.9 Å². The van der Waals surface area contributed by atoms with Crippen LogP contribution in [0.2, 0.25) is 5.02 Å². The zero-order chi connectivity index (χ0) is 17.8. The Kier molecular flexibility index (Phi) is 5.14.